The van der Waals surface area contributed by atoms with E-state index in [1.165, 1.54) is 24.3 Å². The third kappa shape index (κ3) is 4.99. The van der Waals surface area contributed by atoms with Crippen LogP contribution in [0.4, 0.5) is 20.6 Å². The molecule has 186 valence electrons. The summed E-state index contributed by atoms with van der Waals surface area (Å²) in [7, 11) is -2.48. The Morgan fingerprint density at radius 3 is 2.56 bits per heavy atom. The molecule has 1 aliphatic rings. The van der Waals surface area contributed by atoms with Crippen LogP contribution in [0.5, 0.6) is 0 Å². The van der Waals surface area contributed by atoms with Gasteiger partial charge in [-0.3, -0.25) is 20.3 Å². The van der Waals surface area contributed by atoms with Crippen molar-refractivity contribution in [3.63, 3.8) is 0 Å². The first-order valence-corrected chi connectivity index (χ1v) is 12.9. The van der Waals surface area contributed by atoms with E-state index in [-0.39, 0.29) is 37.7 Å². The maximum Gasteiger partial charge on any atom is 0.333 e. The van der Waals surface area contributed by atoms with E-state index in [0.717, 1.165) is 23.5 Å². The zero-order valence-corrected chi connectivity index (χ0v) is 20.9. The Labute approximate surface area is 213 Å². The molecule has 1 aromatic heterocycles. The van der Waals surface area contributed by atoms with Crippen molar-refractivity contribution >= 4 is 68.0 Å². The van der Waals surface area contributed by atoms with Crippen molar-refractivity contribution in [1.29, 1.82) is 5.41 Å². The number of thiophene rings is 1. The number of imide groups is 1. The molecule has 0 radical (unpaired) electrons. The third-order valence-corrected chi connectivity index (χ3v) is 8.27. The molecule has 0 fully saturated rings. The highest BCUT2D eigenvalue weighted by atomic mass is 35.5. The number of nitrogens with zero attached hydrogens (tertiary/aromatic N) is 1. The Balaban J connectivity index is 1.52. The number of anilines is 2. The maximum absolute atomic E-state index is 14.9. The first kappa shape index (κ1) is 25.4. The second kappa shape index (κ2) is 9.78. The number of nitrogens with two attached hydrogens (primary N) is 1. The minimum atomic E-state index is -4.18. The number of halogens is 2. The number of nitrogens with one attached hydrogen (secondary N) is 3. The summed E-state index contributed by atoms with van der Waals surface area (Å²) in [6, 6.07) is 9.33. The number of benzene rings is 2. The number of urea groups is 1. The number of fused-ring (bicyclic) bond motifs is 1. The van der Waals surface area contributed by atoms with E-state index in [2.05, 4.69) is 5.32 Å². The summed E-state index contributed by atoms with van der Waals surface area (Å²) >= 11 is 6.48. The Morgan fingerprint density at radius 1 is 1.17 bits per heavy atom. The Hall–Kier alpha value is -3.65. The fraction of sp³-hybridized carbons (Fsp3) is 0.0909. The molecular weight excluding hydrogens is 533 g/mol. The van der Waals surface area contributed by atoms with Crippen molar-refractivity contribution < 1.29 is 32.5 Å². The van der Waals surface area contributed by atoms with Crippen LogP contribution in [0.1, 0.15) is 21.5 Å². The van der Waals surface area contributed by atoms with Crippen molar-refractivity contribution in [1.82, 2.24) is 4.72 Å². The molecule has 4 rings (SSSR count). The summed E-state index contributed by atoms with van der Waals surface area (Å²) in [5, 5.41) is 11.7. The molecule has 14 heteroatoms. The first-order chi connectivity index (χ1) is 17.0. The number of nitrogen functional groups attached to an aromatic ring is 1. The van der Waals surface area contributed by atoms with Gasteiger partial charge in [0.05, 0.1) is 29.1 Å². The summed E-state index contributed by atoms with van der Waals surface area (Å²) < 4.78 is 41.2. The van der Waals surface area contributed by atoms with Crippen LogP contribution in [0.25, 0.3) is 0 Å². The van der Waals surface area contributed by atoms with Gasteiger partial charge in [0.1, 0.15) is 10.0 Å². The Kier molecular flexibility index (Phi) is 6.91. The van der Waals surface area contributed by atoms with E-state index in [9.17, 15) is 27.2 Å². The van der Waals surface area contributed by atoms with Crippen LogP contribution in [-0.4, -0.2) is 39.1 Å². The Bertz CT molecular complexity index is 1540. The number of amidine groups is 1. The van der Waals surface area contributed by atoms with Crippen LogP contribution < -0.4 is 20.3 Å². The highest BCUT2D eigenvalue weighted by Crippen LogP contribution is 2.30. The van der Waals surface area contributed by atoms with Gasteiger partial charge in [0.25, 0.3) is 15.9 Å². The Morgan fingerprint density at radius 2 is 1.92 bits per heavy atom. The molecule has 0 spiro atoms. The standard InChI is InChI=1S/C22H17ClFN5O5S2/c1-26-20(25)11-2-4-14-12(8-11)9-18(30)29(21(14)31)16-5-3-13(10-15(16)24)27-22(32)28-36(33,34)19-7-6-17(23)35-19/h2-8,10H,9H2,1H3,(H2,25,26)(H2,27,28,32)/p+1. The number of hydrogen-bond donors (Lipinski definition) is 4. The zero-order chi connectivity index (χ0) is 26.2. The molecule has 2 aromatic carbocycles. The predicted octanol–water partition coefficient (Wildman–Crippen LogP) is 2.30. The number of sulfonamides is 1. The maximum atomic E-state index is 14.9. The minimum absolute atomic E-state index is 0.107. The van der Waals surface area contributed by atoms with Crippen molar-refractivity contribution in [2.45, 2.75) is 10.6 Å². The second-order valence-electron chi connectivity index (χ2n) is 7.57. The molecule has 0 unspecified atom stereocenters. The molecule has 0 atom stereocenters. The lowest BCUT2D eigenvalue weighted by Crippen LogP contribution is -2.83. The molecular formula is C22H18ClFN5O5S2+. The summed E-state index contributed by atoms with van der Waals surface area (Å²) in [5.74, 6) is -2.12. The van der Waals surface area contributed by atoms with Crippen molar-refractivity contribution in [2.24, 2.45) is 0 Å². The highest BCUT2D eigenvalue weighted by molar-refractivity contribution is 7.92. The molecule has 5 N–H and O–H groups in total. The van der Waals surface area contributed by atoms with Gasteiger partial charge in [0.2, 0.25) is 11.7 Å². The molecule has 36 heavy (non-hydrogen) atoms. The minimum Gasteiger partial charge on any atom is -0.307 e. The van der Waals surface area contributed by atoms with E-state index < -0.39 is 33.7 Å². The van der Waals surface area contributed by atoms with Crippen LogP contribution in [0.3, 0.4) is 0 Å². The van der Waals surface area contributed by atoms with E-state index in [0.29, 0.717) is 16.0 Å². The van der Waals surface area contributed by atoms with Gasteiger partial charge >= 0.3 is 6.03 Å². The van der Waals surface area contributed by atoms with Crippen LogP contribution in [-0.2, 0) is 21.2 Å². The molecule has 10 nitrogen and oxygen atoms in total. The lowest BCUT2D eigenvalue weighted by atomic mass is 9.95. The van der Waals surface area contributed by atoms with Gasteiger partial charge in [-0.05, 0) is 54.1 Å². The van der Waals surface area contributed by atoms with E-state index in [4.69, 9.17) is 17.0 Å². The lowest BCUT2D eigenvalue weighted by molar-refractivity contribution is -0.506. The topological polar surface area (TPSA) is 153 Å². The molecule has 2 heterocycles. The van der Waals surface area contributed by atoms with Crippen molar-refractivity contribution in [2.75, 3.05) is 17.3 Å². The SMILES string of the molecule is C[NH2+]C(=N)c1ccc2c(c1)CC(=O)N(c1ccc(NC(=O)NS(=O)(=O)c3ccc(Cl)s3)cc1F)C2=O. The zero-order valence-electron chi connectivity index (χ0n) is 18.5. The number of amides is 4. The molecule has 1 aliphatic heterocycles. The van der Waals surface area contributed by atoms with Gasteiger partial charge in [-0.15, -0.1) is 11.3 Å². The number of hydrogen-bond acceptors (Lipinski definition) is 7. The summed E-state index contributed by atoms with van der Waals surface area (Å²) in [6.07, 6.45) is -0.168. The van der Waals surface area contributed by atoms with Gasteiger partial charge < -0.3 is 5.32 Å². The monoisotopic (exact) mass is 550 g/mol. The van der Waals surface area contributed by atoms with E-state index >= 15 is 0 Å². The average Bonchev–Trinajstić information content (AvgIpc) is 3.26. The average molecular weight is 551 g/mol. The van der Waals surface area contributed by atoms with E-state index in [1.54, 1.807) is 29.2 Å². The molecule has 3 aromatic rings. The molecule has 0 aliphatic carbocycles. The summed E-state index contributed by atoms with van der Waals surface area (Å²) in [4.78, 5) is 38.6. The van der Waals surface area contributed by atoms with Crippen LogP contribution >= 0.6 is 22.9 Å². The quantitative estimate of drug-likeness (QED) is 0.218. The number of carbonyl (C=O) groups excluding carboxylic acids is 3. The van der Waals surface area contributed by atoms with Gasteiger partial charge in [-0.25, -0.2) is 27.2 Å². The van der Waals surface area contributed by atoms with Gasteiger partial charge in [-0.1, -0.05) is 11.6 Å². The fourth-order valence-corrected chi connectivity index (χ4v) is 5.93. The number of carbonyl (C=O) groups is 3. The number of rotatable bonds is 5. The van der Waals surface area contributed by atoms with Crippen molar-refractivity contribution in [3.8, 4) is 0 Å². The molecule has 0 bridgehead atoms. The normalized spacial score (nSPS) is 13.4. The lowest BCUT2D eigenvalue weighted by Gasteiger charge is -2.27. The van der Waals surface area contributed by atoms with Crippen LogP contribution in [0.15, 0.2) is 52.7 Å². The van der Waals surface area contributed by atoms with E-state index in [1.807, 2.05) is 0 Å². The van der Waals surface area contributed by atoms with Crippen molar-refractivity contribution in [3.05, 3.63) is 75.4 Å². The first-order valence-electron chi connectivity index (χ1n) is 10.3. The van der Waals surface area contributed by atoms with Gasteiger partial charge in [0.15, 0.2) is 0 Å². The third-order valence-electron chi connectivity index (χ3n) is 5.22. The van der Waals surface area contributed by atoms with Gasteiger partial charge in [0, 0.05) is 11.3 Å². The molecule has 4 amide bonds. The smallest absolute Gasteiger partial charge is 0.307 e. The summed E-state index contributed by atoms with van der Waals surface area (Å²) in [6.45, 7) is 0. The highest BCUT2D eigenvalue weighted by Gasteiger charge is 2.34. The van der Waals surface area contributed by atoms with Crippen LogP contribution in [0, 0.1) is 11.2 Å². The van der Waals surface area contributed by atoms with Crippen LogP contribution in [0.2, 0.25) is 4.34 Å². The number of quaternary nitrogens is 1. The van der Waals surface area contributed by atoms with Gasteiger partial charge in [-0.2, -0.15) is 0 Å². The largest absolute Gasteiger partial charge is 0.333 e. The predicted molar refractivity (Wildman–Crippen MR) is 132 cm³/mol. The molecule has 0 saturated carbocycles. The summed E-state index contributed by atoms with van der Waals surface area (Å²) in [5.41, 5.74) is 0.774. The molecule has 0 saturated heterocycles. The fourth-order valence-electron chi connectivity index (χ4n) is 3.54. The second-order valence-corrected chi connectivity index (χ2v) is 11.2.